The minimum absolute atomic E-state index is 0.0833. The number of fused-ring (bicyclic) bond motifs is 1. The molecule has 7 heteroatoms. The number of nitrogens with zero attached hydrogens (tertiary/aromatic N) is 3. The van der Waals surface area contributed by atoms with E-state index in [1.807, 2.05) is 18.2 Å². The summed E-state index contributed by atoms with van der Waals surface area (Å²) in [4.78, 5) is 38.5. The molecule has 0 unspecified atom stereocenters. The molecule has 0 aliphatic carbocycles. The Labute approximate surface area is 155 Å². The lowest BCUT2D eigenvalue weighted by molar-refractivity contribution is -0.139. The third-order valence-electron chi connectivity index (χ3n) is 4.29. The van der Waals surface area contributed by atoms with E-state index in [9.17, 15) is 14.4 Å². The van der Waals surface area contributed by atoms with Crippen molar-refractivity contribution in [3.8, 4) is 0 Å². The molecule has 1 aromatic heterocycles. The van der Waals surface area contributed by atoms with Crippen molar-refractivity contribution in [2.45, 2.75) is 13.0 Å². The predicted molar refractivity (Wildman–Crippen MR) is 102 cm³/mol. The van der Waals surface area contributed by atoms with Gasteiger partial charge in [0.2, 0.25) is 5.91 Å². The molecule has 7 nitrogen and oxygen atoms in total. The molecule has 0 N–H and O–H groups in total. The summed E-state index contributed by atoms with van der Waals surface area (Å²) in [5.74, 6) is -0.763. The van der Waals surface area contributed by atoms with Crippen LogP contribution in [-0.2, 0) is 27.3 Å². The second kappa shape index (κ2) is 7.82. The predicted octanol–water partition coefficient (Wildman–Crippen LogP) is 1.77. The summed E-state index contributed by atoms with van der Waals surface area (Å²) in [6, 6.07) is 16.0. The van der Waals surface area contributed by atoms with Crippen molar-refractivity contribution >= 4 is 28.3 Å². The van der Waals surface area contributed by atoms with Crippen LogP contribution in [0, 0.1) is 0 Å². The number of rotatable bonds is 5. The van der Waals surface area contributed by atoms with Crippen molar-refractivity contribution in [1.82, 2.24) is 9.78 Å². The average Bonchev–Trinajstić information content (AvgIpc) is 2.71. The normalized spacial score (nSPS) is 10.6. The number of hydrogen-bond acceptors (Lipinski definition) is 5. The summed E-state index contributed by atoms with van der Waals surface area (Å²) in [5.41, 5.74) is 0.729. The molecule has 27 heavy (non-hydrogen) atoms. The molecule has 3 aromatic rings. The van der Waals surface area contributed by atoms with Gasteiger partial charge in [-0.3, -0.25) is 14.4 Å². The SMILES string of the molecule is COC(=O)Cc1nn(CC(=O)N(C)c2ccccc2)c(=O)c2ccccc12. The van der Waals surface area contributed by atoms with Gasteiger partial charge in [-0.2, -0.15) is 5.10 Å². The molecule has 0 saturated heterocycles. The van der Waals surface area contributed by atoms with Crippen LogP contribution in [-0.4, -0.2) is 35.8 Å². The van der Waals surface area contributed by atoms with Gasteiger partial charge in [0, 0.05) is 18.1 Å². The number of likely N-dealkylation sites (N-methyl/N-ethyl adjacent to an activating group) is 1. The van der Waals surface area contributed by atoms with Crippen LogP contribution in [0.1, 0.15) is 5.69 Å². The molecule has 0 spiro atoms. The maximum absolute atomic E-state index is 12.7. The van der Waals surface area contributed by atoms with Crippen LogP contribution in [0.2, 0.25) is 0 Å². The van der Waals surface area contributed by atoms with Crippen molar-refractivity contribution in [3.63, 3.8) is 0 Å². The van der Waals surface area contributed by atoms with Crippen LogP contribution < -0.4 is 10.5 Å². The Hall–Kier alpha value is -3.48. The van der Waals surface area contributed by atoms with E-state index in [4.69, 9.17) is 4.74 Å². The molecule has 0 aliphatic rings. The van der Waals surface area contributed by atoms with Crippen molar-refractivity contribution in [2.24, 2.45) is 0 Å². The highest BCUT2D eigenvalue weighted by molar-refractivity contribution is 5.93. The van der Waals surface area contributed by atoms with E-state index in [1.54, 1.807) is 43.4 Å². The van der Waals surface area contributed by atoms with Gasteiger partial charge in [0.25, 0.3) is 5.56 Å². The van der Waals surface area contributed by atoms with Crippen LogP contribution in [0.4, 0.5) is 5.69 Å². The number of anilines is 1. The van der Waals surface area contributed by atoms with Crippen LogP contribution in [0.25, 0.3) is 10.8 Å². The summed E-state index contributed by atoms with van der Waals surface area (Å²) >= 11 is 0. The lowest BCUT2D eigenvalue weighted by Gasteiger charge is -2.18. The Morgan fingerprint density at radius 3 is 2.33 bits per heavy atom. The topological polar surface area (TPSA) is 81.5 Å². The van der Waals surface area contributed by atoms with Gasteiger partial charge in [0.05, 0.1) is 24.6 Å². The standard InChI is InChI=1S/C20H19N3O4/c1-22(14-8-4-3-5-9-14)18(24)13-23-20(26)16-11-7-6-10-15(16)17(21-23)12-19(25)27-2/h3-11H,12-13H2,1-2H3. The first-order chi connectivity index (χ1) is 13.0. The summed E-state index contributed by atoms with van der Waals surface area (Å²) in [6.45, 7) is -0.233. The summed E-state index contributed by atoms with van der Waals surface area (Å²) in [7, 11) is 2.93. The van der Waals surface area contributed by atoms with Crippen LogP contribution in [0.3, 0.4) is 0 Å². The van der Waals surface area contributed by atoms with E-state index < -0.39 is 5.97 Å². The van der Waals surface area contributed by atoms with E-state index in [-0.39, 0.29) is 24.4 Å². The molecule has 3 rings (SSSR count). The van der Waals surface area contributed by atoms with Crippen LogP contribution in [0.15, 0.2) is 59.4 Å². The first-order valence-electron chi connectivity index (χ1n) is 8.38. The fraction of sp³-hybridized carbons (Fsp3) is 0.200. The molecule has 0 fully saturated rings. The van der Waals surface area contributed by atoms with Gasteiger partial charge < -0.3 is 9.64 Å². The smallest absolute Gasteiger partial charge is 0.311 e. The van der Waals surface area contributed by atoms with Gasteiger partial charge in [-0.05, 0) is 18.2 Å². The third kappa shape index (κ3) is 3.87. The number of hydrogen-bond donors (Lipinski definition) is 0. The van der Waals surface area contributed by atoms with Gasteiger partial charge in [0.15, 0.2) is 0 Å². The molecular weight excluding hydrogens is 346 g/mol. The summed E-state index contributed by atoms with van der Waals surface area (Å²) in [6.07, 6.45) is -0.0833. The Bertz CT molecular complexity index is 1040. The van der Waals surface area contributed by atoms with E-state index in [1.165, 1.54) is 12.0 Å². The molecule has 0 atom stereocenters. The van der Waals surface area contributed by atoms with Crippen molar-refractivity contribution in [2.75, 3.05) is 19.1 Å². The van der Waals surface area contributed by atoms with Crippen molar-refractivity contribution < 1.29 is 14.3 Å². The first-order valence-corrected chi connectivity index (χ1v) is 8.38. The number of carbonyl (C=O) groups is 2. The summed E-state index contributed by atoms with van der Waals surface area (Å²) in [5, 5.41) is 5.24. The number of carbonyl (C=O) groups excluding carboxylic acids is 2. The number of esters is 1. The lowest BCUT2D eigenvalue weighted by atomic mass is 10.1. The Kier molecular flexibility index (Phi) is 5.30. The minimum Gasteiger partial charge on any atom is -0.469 e. The van der Waals surface area contributed by atoms with E-state index >= 15 is 0 Å². The Balaban J connectivity index is 1.99. The van der Waals surface area contributed by atoms with Crippen molar-refractivity contribution in [3.05, 3.63) is 70.6 Å². The maximum Gasteiger partial charge on any atom is 0.311 e. The zero-order chi connectivity index (χ0) is 19.4. The number of benzene rings is 2. The summed E-state index contributed by atoms with van der Waals surface area (Å²) < 4.78 is 5.81. The molecule has 0 aliphatic heterocycles. The molecule has 1 heterocycles. The van der Waals surface area contributed by atoms with E-state index in [0.29, 0.717) is 22.2 Å². The largest absolute Gasteiger partial charge is 0.469 e. The molecule has 2 aromatic carbocycles. The van der Waals surface area contributed by atoms with Gasteiger partial charge >= 0.3 is 5.97 Å². The van der Waals surface area contributed by atoms with Gasteiger partial charge in [-0.15, -0.1) is 0 Å². The zero-order valence-electron chi connectivity index (χ0n) is 15.1. The van der Waals surface area contributed by atoms with E-state index in [0.717, 1.165) is 4.68 Å². The number of ether oxygens (including phenoxy) is 1. The fourth-order valence-corrected chi connectivity index (χ4v) is 2.78. The monoisotopic (exact) mass is 365 g/mol. The highest BCUT2D eigenvalue weighted by atomic mass is 16.5. The number of aromatic nitrogens is 2. The second-order valence-electron chi connectivity index (χ2n) is 6.00. The quantitative estimate of drug-likeness (QED) is 0.644. The Morgan fingerprint density at radius 1 is 1.04 bits per heavy atom. The molecular formula is C20H19N3O4. The van der Waals surface area contributed by atoms with Crippen LogP contribution >= 0.6 is 0 Å². The lowest BCUT2D eigenvalue weighted by Crippen LogP contribution is -2.35. The minimum atomic E-state index is -0.467. The molecule has 138 valence electrons. The number of para-hydroxylation sites is 1. The zero-order valence-corrected chi connectivity index (χ0v) is 15.1. The van der Waals surface area contributed by atoms with Crippen LogP contribution in [0.5, 0.6) is 0 Å². The average molecular weight is 365 g/mol. The van der Waals surface area contributed by atoms with Gasteiger partial charge in [-0.1, -0.05) is 36.4 Å². The Morgan fingerprint density at radius 2 is 1.67 bits per heavy atom. The molecule has 0 radical (unpaired) electrons. The highest BCUT2D eigenvalue weighted by Crippen LogP contribution is 2.15. The highest BCUT2D eigenvalue weighted by Gasteiger charge is 2.17. The maximum atomic E-state index is 12.7. The third-order valence-corrected chi connectivity index (χ3v) is 4.29. The first kappa shape index (κ1) is 18.3. The van der Waals surface area contributed by atoms with Gasteiger partial charge in [0.1, 0.15) is 6.54 Å². The molecule has 0 saturated carbocycles. The molecule has 0 bridgehead atoms. The molecule has 1 amide bonds. The fourth-order valence-electron chi connectivity index (χ4n) is 2.78. The number of amides is 1. The van der Waals surface area contributed by atoms with E-state index in [2.05, 4.69) is 5.10 Å². The number of methoxy groups -OCH3 is 1. The van der Waals surface area contributed by atoms with Crippen molar-refractivity contribution in [1.29, 1.82) is 0 Å². The van der Waals surface area contributed by atoms with Gasteiger partial charge in [-0.25, -0.2) is 4.68 Å². The second-order valence-corrected chi connectivity index (χ2v) is 6.00.